The lowest BCUT2D eigenvalue weighted by molar-refractivity contribution is 0.486. The first-order valence-corrected chi connectivity index (χ1v) is 4.05. The highest BCUT2D eigenvalue weighted by atomic mass is 19.1. The third-order valence-electron chi connectivity index (χ3n) is 1.95. The molecule has 2 rings (SSSR count). The van der Waals surface area contributed by atoms with Crippen molar-refractivity contribution in [1.82, 2.24) is 10.2 Å². The maximum absolute atomic E-state index is 12.5. The van der Waals surface area contributed by atoms with Gasteiger partial charge in [-0.25, -0.2) is 4.39 Å². The molecule has 1 aromatic carbocycles. The van der Waals surface area contributed by atoms with E-state index >= 15 is 0 Å². The Kier molecular flexibility index (Phi) is 2.08. The molecule has 0 saturated heterocycles. The Balaban J connectivity index is 2.51. The Hall–Kier alpha value is -1.64. The highest BCUT2D eigenvalue weighted by Crippen LogP contribution is 2.21. The molecule has 0 fully saturated rings. The molecular formula is C10H9FN2. The van der Waals surface area contributed by atoms with Gasteiger partial charge in [0.1, 0.15) is 6.67 Å². The molecule has 0 unspecified atom stereocenters. The summed E-state index contributed by atoms with van der Waals surface area (Å²) < 4.78 is 12.5. The number of alkyl halides is 1. The van der Waals surface area contributed by atoms with Crippen molar-refractivity contribution in [3.8, 4) is 11.3 Å². The summed E-state index contributed by atoms with van der Waals surface area (Å²) in [6, 6.07) is 9.19. The highest BCUT2D eigenvalue weighted by Gasteiger charge is 2.03. The molecule has 66 valence electrons. The number of halogens is 1. The minimum Gasteiger partial charge on any atom is -0.278 e. The molecule has 13 heavy (non-hydrogen) atoms. The van der Waals surface area contributed by atoms with Crippen LogP contribution in [0, 0.1) is 0 Å². The summed E-state index contributed by atoms with van der Waals surface area (Å²) in [7, 11) is 0. The number of hydrogen-bond acceptors (Lipinski definition) is 1. The van der Waals surface area contributed by atoms with Gasteiger partial charge in [-0.15, -0.1) is 0 Å². The lowest BCUT2D eigenvalue weighted by Gasteiger charge is -2.02. The average molecular weight is 176 g/mol. The van der Waals surface area contributed by atoms with Crippen molar-refractivity contribution in [3.63, 3.8) is 0 Å². The molecule has 0 aliphatic rings. The molecule has 3 heteroatoms. The van der Waals surface area contributed by atoms with E-state index in [2.05, 4.69) is 10.2 Å². The van der Waals surface area contributed by atoms with E-state index in [0.29, 0.717) is 5.56 Å². The SMILES string of the molecule is FCc1ccccc1-c1ccn[nH]1. The van der Waals surface area contributed by atoms with Crippen LogP contribution in [0.25, 0.3) is 11.3 Å². The summed E-state index contributed by atoms with van der Waals surface area (Å²) >= 11 is 0. The fourth-order valence-corrected chi connectivity index (χ4v) is 1.31. The van der Waals surface area contributed by atoms with Crippen LogP contribution < -0.4 is 0 Å². The Labute approximate surface area is 75.4 Å². The maximum atomic E-state index is 12.5. The monoisotopic (exact) mass is 176 g/mol. The van der Waals surface area contributed by atoms with Gasteiger partial charge in [-0.05, 0) is 11.6 Å². The Bertz CT molecular complexity index is 382. The topological polar surface area (TPSA) is 28.7 Å². The summed E-state index contributed by atoms with van der Waals surface area (Å²) in [4.78, 5) is 0. The number of aromatic amines is 1. The average Bonchev–Trinajstić information content (AvgIpc) is 2.70. The van der Waals surface area contributed by atoms with E-state index in [4.69, 9.17) is 0 Å². The van der Waals surface area contributed by atoms with E-state index in [1.807, 2.05) is 24.3 Å². The zero-order chi connectivity index (χ0) is 9.10. The Morgan fingerprint density at radius 1 is 1.23 bits per heavy atom. The summed E-state index contributed by atoms with van der Waals surface area (Å²) in [5.74, 6) is 0. The molecule has 0 amide bonds. The van der Waals surface area contributed by atoms with E-state index < -0.39 is 6.67 Å². The molecule has 0 saturated carbocycles. The first-order valence-electron chi connectivity index (χ1n) is 4.05. The van der Waals surface area contributed by atoms with Gasteiger partial charge in [-0.1, -0.05) is 24.3 Å². The van der Waals surface area contributed by atoms with E-state index in [-0.39, 0.29) is 0 Å². The third-order valence-corrected chi connectivity index (χ3v) is 1.95. The summed E-state index contributed by atoms with van der Waals surface area (Å²) in [5, 5.41) is 6.64. The summed E-state index contributed by atoms with van der Waals surface area (Å²) in [6.45, 7) is -0.449. The second-order valence-electron chi connectivity index (χ2n) is 2.76. The van der Waals surface area contributed by atoms with E-state index in [1.54, 1.807) is 12.3 Å². The molecule has 1 aromatic heterocycles. The fourth-order valence-electron chi connectivity index (χ4n) is 1.31. The predicted molar refractivity (Wildman–Crippen MR) is 48.8 cm³/mol. The van der Waals surface area contributed by atoms with Gasteiger partial charge in [-0.2, -0.15) is 5.10 Å². The first-order chi connectivity index (χ1) is 6.42. The lowest BCUT2D eigenvalue weighted by Crippen LogP contribution is -1.86. The van der Waals surface area contributed by atoms with Crippen LogP contribution in [0.5, 0.6) is 0 Å². The number of rotatable bonds is 2. The van der Waals surface area contributed by atoms with Crippen LogP contribution in [0.3, 0.4) is 0 Å². The normalized spacial score (nSPS) is 10.2. The van der Waals surface area contributed by atoms with Crippen LogP contribution in [0.2, 0.25) is 0 Å². The molecule has 0 spiro atoms. The molecule has 0 atom stereocenters. The van der Waals surface area contributed by atoms with Crippen LogP contribution in [0.4, 0.5) is 4.39 Å². The van der Waals surface area contributed by atoms with Crippen molar-refractivity contribution in [2.75, 3.05) is 0 Å². The maximum Gasteiger partial charge on any atom is 0.115 e. The van der Waals surface area contributed by atoms with Crippen LogP contribution in [-0.2, 0) is 6.67 Å². The molecule has 0 radical (unpaired) electrons. The molecule has 2 aromatic rings. The molecule has 1 heterocycles. The number of hydrogen-bond donors (Lipinski definition) is 1. The van der Waals surface area contributed by atoms with Crippen molar-refractivity contribution in [1.29, 1.82) is 0 Å². The fraction of sp³-hybridized carbons (Fsp3) is 0.100. The zero-order valence-electron chi connectivity index (χ0n) is 7.00. The van der Waals surface area contributed by atoms with Crippen molar-refractivity contribution < 1.29 is 4.39 Å². The van der Waals surface area contributed by atoms with E-state index in [0.717, 1.165) is 11.3 Å². The van der Waals surface area contributed by atoms with Gasteiger partial charge in [0.05, 0.1) is 5.69 Å². The summed E-state index contributed by atoms with van der Waals surface area (Å²) in [6.07, 6.45) is 1.66. The van der Waals surface area contributed by atoms with Crippen LogP contribution in [0.1, 0.15) is 5.56 Å². The van der Waals surface area contributed by atoms with Gasteiger partial charge in [0.2, 0.25) is 0 Å². The van der Waals surface area contributed by atoms with Gasteiger partial charge >= 0.3 is 0 Å². The Morgan fingerprint density at radius 2 is 2.08 bits per heavy atom. The quantitative estimate of drug-likeness (QED) is 0.748. The second-order valence-corrected chi connectivity index (χ2v) is 2.76. The number of nitrogens with one attached hydrogen (secondary N) is 1. The zero-order valence-corrected chi connectivity index (χ0v) is 7.00. The predicted octanol–water partition coefficient (Wildman–Crippen LogP) is 2.55. The van der Waals surface area contributed by atoms with Crippen molar-refractivity contribution in [2.45, 2.75) is 6.67 Å². The Morgan fingerprint density at radius 3 is 2.77 bits per heavy atom. The number of nitrogens with zero attached hydrogens (tertiary/aromatic N) is 1. The largest absolute Gasteiger partial charge is 0.278 e. The van der Waals surface area contributed by atoms with Gasteiger partial charge in [0, 0.05) is 11.8 Å². The summed E-state index contributed by atoms with van der Waals surface area (Å²) in [5.41, 5.74) is 2.42. The second kappa shape index (κ2) is 3.39. The molecule has 0 bridgehead atoms. The third kappa shape index (κ3) is 1.45. The van der Waals surface area contributed by atoms with E-state index in [9.17, 15) is 4.39 Å². The standard InChI is InChI=1S/C10H9FN2/c11-7-8-3-1-2-4-9(8)10-5-6-12-13-10/h1-6H,7H2,(H,12,13). The minimum absolute atomic E-state index is 0.449. The first kappa shape index (κ1) is 7.98. The highest BCUT2D eigenvalue weighted by molar-refractivity contribution is 5.62. The van der Waals surface area contributed by atoms with Crippen molar-refractivity contribution >= 4 is 0 Å². The molecular weight excluding hydrogens is 167 g/mol. The van der Waals surface area contributed by atoms with Crippen LogP contribution in [-0.4, -0.2) is 10.2 Å². The number of H-pyrrole nitrogens is 1. The van der Waals surface area contributed by atoms with E-state index in [1.165, 1.54) is 0 Å². The van der Waals surface area contributed by atoms with Gasteiger partial charge in [0.25, 0.3) is 0 Å². The molecule has 1 N–H and O–H groups in total. The molecule has 0 aliphatic carbocycles. The van der Waals surface area contributed by atoms with Crippen LogP contribution >= 0.6 is 0 Å². The van der Waals surface area contributed by atoms with Crippen molar-refractivity contribution in [3.05, 3.63) is 42.1 Å². The van der Waals surface area contributed by atoms with Gasteiger partial charge < -0.3 is 0 Å². The molecule has 0 aliphatic heterocycles. The number of benzene rings is 1. The van der Waals surface area contributed by atoms with Crippen LogP contribution in [0.15, 0.2) is 36.5 Å². The molecule has 2 nitrogen and oxygen atoms in total. The van der Waals surface area contributed by atoms with Gasteiger partial charge in [-0.3, -0.25) is 5.10 Å². The smallest absolute Gasteiger partial charge is 0.115 e. The van der Waals surface area contributed by atoms with Gasteiger partial charge in [0.15, 0.2) is 0 Å². The number of aromatic nitrogens is 2. The van der Waals surface area contributed by atoms with Crippen molar-refractivity contribution in [2.24, 2.45) is 0 Å². The minimum atomic E-state index is -0.449. The lowest BCUT2D eigenvalue weighted by atomic mass is 10.1.